The Morgan fingerprint density at radius 1 is 1.33 bits per heavy atom. The van der Waals surface area contributed by atoms with Gasteiger partial charge in [-0.05, 0) is 19.8 Å². The van der Waals surface area contributed by atoms with E-state index in [1.54, 1.807) is 11.8 Å². The van der Waals surface area contributed by atoms with Crippen molar-refractivity contribution in [2.24, 2.45) is 17.4 Å². The molecule has 0 radical (unpaired) electrons. The second kappa shape index (κ2) is 7.81. The zero-order valence-electron chi connectivity index (χ0n) is 11.4. The molecule has 1 saturated heterocycles. The number of piperidine rings is 1. The molecule has 0 bridgehead atoms. The third kappa shape index (κ3) is 6.93. The van der Waals surface area contributed by atoms with Crippen molar-refractivity contribution in [3.8, 4) is 0 Å². The Bertz CT molecular complexity index is 399. The Labute approximate surface area is 119 Å². The molecule has 0 spiro atoms. The van der Waals surface area contributed by atoms with E-state index in [0.717, 1.165) is 12.8 Å². The maximum Gasteiger partial charge on any atom is 0.490 e. The lowest BCUT2D eigenvalue weighted by Gasteiger charge is -2.32. The van der Waals surface area contributed by atoms with Gasteiger partial charge >= 0.3 is 12.1 Å². The molecule has 1 rings (SSSR count). The molecule has 2 atom stereocenters. The fourth-order valence-corrected chi connectivity index (χ4v) is 1.70. The Morgan fingerprint density at radius 3 is 2.14 bits per heavy atom. The summed E-state index contributed by atoms with van der Waals surface area (Å²) in [5, 5.41) is 7.12. The van der Waals surface area contributed by atoms with Gasteiger partial charge in [-0.25, -0.2) is 4.79 Å². The lowest BCUT2D eigenvalue weighted by molar-refractivity contribution is -0.192. The van der Waals surface area contributed by atoms with Gasteiger partial charge in [0.2, 0.25) is 11.8 Å². The molecule has 10 heteroatoms. The van der Waals surface area contributed by atoms with E-state index in [4.69, 9.17) is 21.4 Å². The number of nitrogens with two attached hydrogens (primary N) is 2. The van der Waals surface area contributed by atoms with Crippen LogP contribution in [-0.2, 0) is 14.4 Å². The average molecular weight is 313 g/mol. The molecule has 7 nitrogen and oxygen atoms in total. The van der Waals surface area contributed by atoms with Crippen molar-refractivity contribution in [3.05, 3.63) is 0 Å². The van der Waals surface area contributed by atoms with E-state index in [0.29, 0.717) is 13.1 Å². The normalized spacial score (nSPS) is 20.0. The maximum atomic E-state index is 11.5. The molecular formula is C11H18F3N3O4. The van der Waals surface area contributed by atoms with E-state index in [1.807, 2.05) is 0 Å². The highest BCUT2D eigenvalue weighted by Crippen LogP contribution is 2.16. The molecule has 1 aliphatic heterocycles. The molecule has 1 aliphatic rings. The van der Waals surface area contributed by atoms with Crippen LogP contribution in [0.3, 0.4) is 0 Å². The summed E-state index contributed by atoms with van der Waals surface area (Å²) in [5.41, 5.74) is 10.7. The molecule has 1 heterocycles. The SMILES string of the molecule is C[C@@H](N)C(=O)N1CCCC(C(N)=O)C1.O=C(O)C(F)(F)F. The molecule has 0 aromatic heterocycles. The number of alkyl halides is 3. The van der Waals surface area contributed by atoms with Gasteiger partial charge in [0.25, 0.3) is 0 Å². The van der Waals surface area contributed by atoms with Crippen LogP contribution >= 0.6 is 0 Å². The molecular weight excluding hydrogens is 295 g/mol. The Hall–Kier alpha value is -1.84. The van der Waals surface area contributed by atoms with E-state index >= 15 is 0 Å². The summed E-state index contributed by atoms with van der Waals surface area (Å²) in [6.45, 7) is 2.76. The zero-order valence-corrected chi connectivity index (χ0v) is 11.4. The van der Waals surface area contributed by atoms with Gasteiger partial charge in [-0.15, -0.1) is 0 Å². The molecule has 0 aliphatic carbocycles. The Balaban J connectivity index is 0.000000486. The van der Waals surface area contributed by atoms with Crippen molar-refractivity contribution in [1.82, 2.24) is 4.90 Å². The first kappa shape index (κ1) is 19.2. The van der Waals surface area contributed by atoms with Gasteiger partial charge in [0, 0.05) is 13.1 Å². The summed E-state index contributed by atoms with van der Waals surface area (Å²) < 4.78 is 31.7. The first-order valence-electron chi connectivity index (χ1n) is 6.10. The minimum Gasteiger partial charge on any atom is -0.475 e. The van der Waals surface area contributed by atoms with Crippen LogP contribution in [-0.4, -0.2) is 53.1 Å². The van der Waals surface area contributed by atoms with E-state index in [9.17, 15) is 22.8 Å². The molecule has 0 saturated carbocycles. The van der Waals surface area contributed by atoms with Crippen molar-refractivity contribution in [2.45, 2.75) is 32.0 Å². The minimum atomic E-state index is -5.08. The summed E-state index contributed by atoms with van der Waals surface area (Å²) in [7, 11) is 0. The number of carboxylic acids is 1. The van der Waals surface area contributed by atoms with Crippen LogP contribution in [0.4, 0.5) is 13.2 Å². The highest BCUT2D eigenvalue weighted by molar-refractivity contribution is 5.83. The monoisotopic (exact) mass is 313 g/mol. The topological polar surface area (TPSA) is 127 Å². The number of primary amides is 1. The number of likely N-dealkylation sites (tertiary alicyclic amines) is 1. The number of carbonyl (C=O) groups excluding carboxylic acids is 2. The largest absolute Gasteiger partial charge is 0.490 e. The first-order valence-corrected chi connectivity index (χ1v) is 6.10. The van der Waals surface area contributed by atoms with Gasteiger partial charge in [-0.3, -0.25) is 9.59 Å². The van der Waals surface area contributed by atoms with Crippen LogP contribution in [0.15, 0.2) is 0 Å². The van der Waals surface area contributed by atoms with Crippen molar-refractivity contribution >= 4 is 17.8 Å². The van der Waals surface area contributed by atoms with Crippen LogP contribution in [0.2, 0.25) is 0 Å². The number of aliphatic carboxylic acids is 1. The minimum absolute atomic E-state index is 0.101. The fourth-order valence-electron chi connectivity index (χ4n) is 1.70. The van der Waals surface area contributed by atoms with E-state index in [1.165, 1.54) is 0 Å². The first-order chi connectivity index (χ1) is 9.46. The predicted octanol–water partition coefficient (Wildman–Crippen LogP) is -0.309. The summed E-state index contributed by atoms with van der Waals surface area (Å²) in [6.07, 6.45) is -3.48. The van der Waals surface area contributed by atoms with Crippen LogP contribution in [0.1, 0.15) is 19.8 Å². The molecule has 5 N–H and O–H groups in total. The van der Waals surface area contributed by atoms with Crippen LogP contribution in [0, 0.1) is 5.92 Å². The van der Waals surface area contributed by atoms with Gasteiger partial charge in [-0.2, -0.15) is 13.2 Å². The molecule has 1 unspecified atom stereocenters. The number of carboxylic acid groups (broad SMARTS) is 1. The van der Waals surface area contributed by atoms with Crippen molar-refractivity contribution in [2.75, 3.05) is 13.1 Å². The Kier molecular flexibility index (Phi) is 7.13. The molecule has 0 aromatic rings. The lowest BCUT2D eigenvalue weighted by atomic mass is 9.97. The maximum absolute atomic E-state index is 11.5. The van der Waals surface area contributed by atoms with E-state index in [2.05, 4.69) is 0 Å². The number of hydrogen-bond acceptors (Lipinski definition) is 4. The van der Waals surface area contributed by atoms with Gasteiger partial charge in [-0.1, -0.05) is 0 Å². The highest BCUT2D eigenvalue weighted by atomic mass is 19.4. The van der Waals surface area contributed by atoms with Crippen molar-refractivity contribution in [1.29, 1.82) is 0 Å². The molecule has 2 amide bonds. The molecule has 1 fully saturated rings. The second-order valence-electron chi connectivity index (χ2n) is 4.62. The van der Waals surface area contributed by atoms with Gasteiger partial charge < -0.3 is 21.5 Å². The summed E-state index contributed by atoms with van der Waals surface area (Å²) in [6, 6.07) is -0.498. The van der Waals surface area contributed by atoms with E-state index < -0.39 is 18.2 Å². The van der Waals surface area contributed by atoms with Crippen LogP contribution < -0.4 is 11.5 Å². The molecule has 122 valence electrons. The van der Waals surface area contributed by atoms with Crippen molar-refractivity contribution < 1.29 is 32.7 Å². The summed E-state index contributed by atoms with van der Waals surface area (Å²) in [5.74, 6) is -3.39. The quantitative estimate of drug-likeness (QED) is 0.644. The predicted molar refractivity (Wildman–Crippen MR) is 65.8 cm³/mol. The second-order valence-corrected chi connectivity index (χ2v) is 4.62. The number of nitrogens with zero attached hydrogens (tertiary/aromatic N) is 1. The zero-order chi connectivity index (χ0) is 16.8. The van der Waals surface area contributed by atoms with Gasteiger partial charge in [0.15, 0.2) is 0 Å². The van der Waals surface area contributed by atoms with E-state index in [-0.39, 0.29) is 17.7 Å². The molecule has 21 heavy (non-hydrogen) atoms. The number of amides is 2. The lowest BCUT2D eigenvalue weighted by Crippen LogP contribution is -2.49. The highest BCUT2D eigenvalue weighted by Gasteiger charge is 2.38. The van der Waals surface area contributed by atoms with Gasteiger partial charge in [0.05, 0.1) is 12.0 Å². The molecule has 0 aromatic carbocycles. The number of carbonyl (C=O) groups is 3. The fraction of sp³-hybridized carbons (Fsp3) is 0.727. The number of rotatable bonds is 2. The standard InChI is InChI=1S/C9H17N3O2.C2HF3O2/c1-6(10)9(14)12-4-2-3-7(5-12)8(11)13;3-2(4,5)1(6)7/h6-7H,2-5,10H2,1H3,(H2,11,13);(H,6,7)/t6-,7?;/m1./s1. The van der Waals surface area contributed by atoms with Crippen LogP contribution in [0.5, 0.6) is 0 Å². The number of hydrogen-bond donors (Lipinski definition) is 3. The smallest absolute Gasteiger partial charge is 0.475 e. The Morgan fingerprint density at radius 2 is 1.81 bits per heavy atom. The third-order valence-corrected chi connectivity index (χ3v) is 2.77. The van der Waals surface area contributed by atoms with Gasteiger partial charge in [0.1, 0.15) is 0 Å². The summed E-state index contributed by atoms with van der Waals surface area (Å²) in [4.78, 5) is 33.0. The average Bonchev–Trinajstić information content (AvgIpc) is 2.37. The number of halogens is 3. The summed E-state index contributed by atoms with van der Waals surface area (Å²) >= 11 is 0. The van der Waals surface area contributed by atoms with Crippen LogP contribution in [0.25, 0.3) is 0 Å². The van der Waals surface area contributed by atoms with Crippen molar-refractivity contribution in [3.63, 3.8) is 0 Å². The third-order valence-electron chi connectivity index (χ3n) is 2.77.